The zero-order valence-corrected chi connectivity index (χ0v) is 12.4. The standard InChI is InChI=1S/C14H19ClFNO.ClH/c15-10-12-2-4-13(5-3-12)18-14-6-9-17(11-14)8-1-7-16;/h2-5,14H,1,6-11H2;1H. The van der Waals surface area contributed by atoms with Crippen molar-refractivity contribution >= 4 is 24.0 Å². The van der Waals surface area contributed by atoms with Crippen molar-refractivity contribution in [1.82, 2.24) is 4.90 Å². The maximum Gasteiger partial charge on any atom is 0.119 e. The summed E-state index contributed by atoms with van der Waals surface area (Å²) in [7, 11) is 0. The maximum atomic E-state index is 12.1. The first-order chi connectivity index (χ1) is 8.81. The van der Waals surface area contributed by atoms with Crippen LogP contribution in [0.3, 0.4) is 0 Å². The quantitative estimate of drug-likeness (QED) is 0.744. The molecule has 0 bridgehead atoms. The Labute approximate surface area is 125 Å². The Morgan fingerprint density at radius 1 is 1.32 bits per heavy atom. The molecule has 1 aromatic rings. The van der Waals surface area contributed by atoms with E-state index in [0.717, 1.165) is 37.4 Å². The summed E-state index contributed by atoms with van der Waals surface area (Å²) in [6.07, 6.45) is 1.87. The van der Waals surface area contributed by atoms with Crippen LogP contribution in [-0.2, 0) is 5.88 Å². The predicted octanol–water partition coefficient (Wildman–Crippen LogP) is 3.66. The van der Waals surface area contributed by atoms with Crippen molar-refractivity contribution in [3.63, 3.8) is 0 Å². The molecule has 1 heterocycles. The van der Waals surface area contributed by atoms with Crippen LogP contribution in [0.25, 0.3) is 0 Å². The molecule has 1 atom stereocenters. The SMILES string of the molecule is Cl.FCCCN1CCC(Oc2ccc(CCl)cc2)C1. The fourth-order valence-electron chi connectivity index (χ4n) is 2.23. The van der Waals surface area contributed by atoms with Crippen LogP contribution in [0.15, 0.2) is 24.3 Å². The second kappa shape index (κ2) is 8.62. The summed E-state index contributed by atoms with van der Waals surface area (Å²) in [5.41, 5.74) is 1.10. The molecule has 19 heavy (non-hydrogen) atoms. The predicted molar refractivity (Wildman–Crippen MR) is 79.3 cm³/mol. The van der Waals surface area contributed by atoms with Gasteiger partial charge in [-0.1, -0.05) is 12.1 Å². The van der Waals surface area contributed by atoms with Crippen molar-refractivity contribution in [2.75, 3.05) is 26.3 Å². The van der Waals surface area contributed by atoms with Gasteiger partial charge in [-0.3, -0.25) is 9.29 Å². The van der Waals surface area contributed by atoms with Crippen molar-refractivity contribution in [3.8, 4) is 5.75 Å². The monoisotopic (exact) mass is 307 g/mol. The molecule has 1 saturated heterocycles. The van der Waals surface area contributed by atoms with E-state index in [9.17, 15) is 4.39 Å². The normalized spacial score (nSPS) is 19.2. The van der Waals surface area contributed by atoms with E-state index >= 15 is 0 Å². The van der Waals surface area contributed by atoms with Crippen LogP contribution in [0.2, 0.25) is 0 Å². The van der Waals surface area contributed by atoms with Crippen molar-refractivity contribution in [2.24, 2.45) is 0 Å². The molecule has 1 aliphatic rings. The summed E-state index contributed by atoms with van der Waals surface area (Å²) in [4.78, 5) is 2.26. The molecule has 1 unspecified atom stereocenters. The van der Waals surface area contributed by atoms with Gasteiger partial charge in [0.1, 0.15) is 11.9 Å². The molecule has 0 saturated carbocycles. The number of benzene rings is 1. The molecule has 0 spiro atoms. The zero-order chi connectivity index (χ0) is 12.8. The summed E-state index contributed by atoms with van der Waals surface area (Å²) >= 11 is 5.74. The topological polar surface area (TPSA) is 12.5 Å². The van der Waals surface area contributed by atoms with Crippen molar-refractivity contribution in [1.29, 1.82) is 0 Å². The van der Waals surface area contributed by atoms with Gasteiger partial charge in [-0.05, 0) is 30.5 Å². The average molecular weight is 308 g/mol. The summed E-state index contributed by atoms with van der Waals surface area (Å²) in [5, 5.41) is 0. The number of hydrogen-bond donors (Lipinski definition) is 0. The first kappa shape index (κ1) is 16.5. The van der Waals surface area contributed by atoms with Crippen LogP contribution >= 0.6 is 24.0 Å². The highest BCUT2D eigenvalue weighted by Gasteiger charge is 2.23. The smallest absolute Gasteiger partial charge is 0.119 e. The van der Waals surface area contributed by atoms with E-state index in [1.54, 1.807) is 0 Å². The first-order valence-electron chi connectivity index (χ1n) is 6.41. The highest BCUT2D eigenvalue weighted by Crippen LogP contribution is 2.19. The number of alkyl halides is 2. The molecule has 0 N–H and O–H groups in total. The van der Waals surface area contributed by atoms with E-state index in [2.05, 4.69) is 4.90 Å². The van der Waals surface area contributed by atoms with Crippen molar-refractivity contribution in [2.45, 2.75) is 24.8 Å². The van der Waals surface area contributed by atoms with Crippen molar-refractivity contribution < 1.29 is 9.13 Å². The first-order valence-corrected chi connectivity index (χ1v) is 6.95. The molecule has 2 rings (SSSR count). The Kier molecular flexibility index (Phi) is 7.51. The largest absolute Gasteiger partial charge is 0.489 e. The van der Waals surface area contributed by atoms with Gasteiger partial charge in [-0.2, -0.15) is 0 Å². The number of likely N-dealkylation sites (tertiary alicyclic amines) is 1. The lowest BCUT2D eigenvalue weighted by Gasteiger charge is -2.16. The molecule has 108 valence electrons. The summed E-state index contributed by atoms with van der Waals surface area (Å²) in [6, 6.07) is 7.89. The van der Waals surface area contributed by atoms with E-state index in [1.165, 1.54) is 0 Å². The number of nitrogens with zero attached hydrogens (tertiary/aromatic N) is 1. The molecule has 2 nitrogen and oxygen atoms in total. The molecule has 0 aromatic heterocycles. The summed E-state index contributed by atoms with van der Waals surface area (Å²) in [6.45, 7) is 2.51. The van der Waals surface area contributed by atoms with E-state index in [-0.39, 0.29) is 25.2 Å². The fraction of sp³-hybridized carbons (Fsp3) is 0.571. The highest BCUT2D eigenvalue weighted by molar-refractivity contribution is 6.17. The summed E-state index contributed by atoms with van der Waals surface area (Å²) in [5.74, 6) is 1.42. The van der Waals surface area contributed by atoms with E-state index < -0.39 is 0 Å². The lowest BCUT2D eigenvalue weighted by atomic mass is 10.2. The van der Waals surface area contributed by atoms with E-state index in [1.807, 2.05) is 24.3 Å². The molecule has 5 heteroatoms. The van der Waals surface area contributed by atoms with Gasteiger partial charge in [0.25, 0.3) is 0 Å². The second-order valence-corrected chi connectivity index (χ2v) is 4.92. The number of hydrogen-bond acceptors (Lipinski definition) is 2. The van der Waals surface area contributed by atoms with E-state index in [4.69, 9.17) is 16.3 Å². The number of ether oxygens (including phenoxy) is 1. The average Bonchev–Trinajstić information content (AvgIpc) is 2.85. The van der Waals surface area contributed by atoms with Gasteiger partial charge in [-0.25, -0.2) is 0 Å². The molecule has 1 aliphatic heterocycles. The van der Waals surface area contributed by atoms with Gasteiger partial charge in [0, 0.05) is 25.5 Å². The third kappa shape index (κ3) is 5.17. The molecule has 0 aliphatic carbocycles. The molecular formula is C14H20Cl2FNO. The van der Waals surface area contributed by atoms with Gasteiger partial charge in [0.05, 0.1) is 6.67 Å². The molecule has 1 fully saturated rings. The van der Waals surface area contributed by atoms with Crippen LogP contribution in [0, 0.1) is 0 Å². The third-order valence-corrected chi connectivity index (χ3v) is 3.53. The van der Waals surface area contributed by atoms with Crippen LogP contribution < -0.4 is 4.74 Å². The lowest BCUT2D eigenvalue weighted by molar-refractivity contribution is 0.198. The van der Waals surface area contributed by atoms with Gasteiger partial charge in [0.2, 0.25) is 0 Å². The maximum absolute atomic E-state index is 12.1. The van der Waals surface area contributed by atoms with Gasteiger partial charge in [0.15, 0.2) is 0 Å². The van der Waals surface area contributed by atoms with Crippen LogP contribution in [0.4, 0.5) is 4.39 Å². The molecule has 0 amide bonds. The Bertz CT molecular complexity index is 361. The van der Waals surface area contributed by atoms with Gasteiger partial charge < -0.3 is 4.74 Å². The highest BCUT2D eigenvalue weighted by atomic mass is 35.5. The molecule has 1 aromatic carbocycles. The number of rotatable bonds is 6. The second-order valence-electron chi connectivity index (χ2n) is 4.65. The van der Waals surface area contributed by atoms with Crippen LogP contribution in [-0.4, -0.2) is 37.3 Å². The van der Waals surface area contributed by atoms with Gasteiger partial charge >= 0.3 is 0 Å². The summed E-state index contributed by atoms with van der Waals surface area (Å²) < 4.78 is 18.0. The number of halogens is 3. The zero-order valence-electron chi connectivity index (χ0n) is 10.9. The van der Waals surface area contributed by atoms with Crippen LogP contribution in [0.1, 0.15) is 18.4 Å². The Morgan fingerprint density at radius 2 is 2.05 bits per heavy atom. The lowest BCUT2D eigenvalue weighted by Crippen LogP contribution is -2.26. The minimum absolute atomic E-state index is 0. The minimum Gasteiger partial charge on any atom is -0.489 e. The Balaban J connectivity index is 0.00000180. The molecule has 0 radical (unpaired) electrons. The van der Waals surface area contributed by atoms with E-state index in [0.29, 0.717) is 12.3 Å². The van der Waals surface area contributed by atoms with Crippen molar-refractivity contribution in [3.05, 3.63) is 29.8 Å². The Morgan fingerprint density at radius 3 is 2.68 bits per heavy atom. The fourth-order valence-corrected chi connectivity index (χ4v) is 2.41. The third-order valence-electron chi connectivity index (χ3n) is 3.22. The molecular weight excluding hydrogens is 288 g/mol. The minimum atomic E-state index is -0.234. The Hall–Kier alpha value is -0.510. The van der Waals surface area contributed by atoms with Gasteiger partial charge in [-0.15, -0.1) is 24.0 Å². The van der Waals surface area contributed by atoms with Crippen LogP contribution in [0.5, 0.6) is 5.75 Å².